The molecule has 0 fully saturated rings. The molecule has 5 nitrogen and oxygen atoms in total. The van der Waals surface area contributed by atoms with Crippen LogP contribution in [0.4, 0.5) is 0 Å². The van der Waals surface area contributed by atoms with Crippen LogP contribution in [0.5, 0.6) is 0 Å². The number of likely N-dealkylation sites (N-methyl/N-ethyl adjacent to an activating group) is 1. The number of esters is 1. The largest absolute Gasteiger partial charge is 0.465 e. The normalized spacial score (nSPS) is 11.1. The van der Waals surface area contributed by atoms with Gasteiger partial charge in [-0.05, 0) is 38.1 Å². The summed E-state index contributed by atoms with van der Waals surface area (Å²) in [5, 5.41) is 0. The van der Waals surface area contributed by atoms with E-state index >= 15 is 0 Å². The molecule has 0 saturated carbocycles. The number of hydrogen-bond acceptors (Lipinski definition) is 4. The maximum atomic E-state index is 11.3. The number of H-pyrrole nitrogens is 1. The first-order chi connectivity index (χ1) is 9.19. The standard InChI is InChI=1S/C14H19N3O2/c1-3-19-14(18)9-17(2)7-6-11-4-5-12-13(8-11)16-10-15-12/h4-5,8,10H,3,6-7,9H2,1-2H3,(H,15,16). The molecular weight excluding hydrogens is 242 g/mol. The van der Waals surface area contributed by atoms with Gasteiger partial charge in [-0.15, -0.1) is 0 Å². The summed E-state index contributed by atoms with van der Waals surface area (Å²) in [7, 11) is 1.92. The Morgan fingerprint density at radius 2 is 2.32 bits per heavy atom. The molecule has 1 heterocycles. The molecule has 0 atom stereocenters. The van der Waals surface area contributed by atoms with Crippen molar-refractivity contribution in [3.8, 4) is 0 Å². The van der Waals surface area contributed by atoms with Crippen molar-refractivity contribution in [1.82, 2.24) is 14.9 Å². The third kappa shape index (κ3) is 3.79. The predicted molar refractivity (Wildman–Crippen MR) is 73.9 cm³/mol. The van der Waals surface area contributed by atoms with Crippen LogP contribution < -0.4 is 0 Å². The van der Waals surface area contributed by atoms with Crippen LogP contribution in [0.2, 0.25) is 0 Å². The summed E-state index contributed by atoms with van der Waals surface area (Å²) in [5.41, 5.74) is 3.25. The Labute approximate surface area is 112 Å². The zero-order valence-corrected chi connectivity index (χ0v) is 11.3. The molecule has 0 saturated heterocycles. The Morgan fingerprint density at radius 1 is 1.47 bits per heavy atom. The molecule has 1 aromatic heterocycles. The minimum absolute atomic E-state index is 0.172. The lowest BCUT2D eigenvalue weighted by Gasteiger charge is -2.15. The highest BCUT2D eigenvalue weighted by Gasteiger charge is 2.07. The summed E-state index contributed by atoms with van der Waals surface area (Å²) in [6.45, 7) is 3.40. The van der Waals surface area contributed by atoms with Crippen LogP contribution in [0, 0.1) is 0 Å². The predicted octanol–water partition coefficient (Wildman–Crippen LogP) is 1.60. The minimum Gasteiger partial charge on any atom is -0.465 e. The zero-order chi connectivity index (χ0) is 13.7. The van der Waals surface area contributed by atoms with E-state index in [1.54, 1.807) is 6.33 Å². The van der Waals surface area contributed by atoms with E-state index in [-0.39, 0.29) is 5.97 Å². The number of aromatic amines is 1. The highest BCUT2D eigenvalue weighted by molar-refractivity contribution is 5.75. The average Bonchev–Trinajstić information content (AvgIpc) is 2.83. The molecule has 1 N–H and O–H groups in total. The third-order valence-electron chi connectivity index (χ3n) is 2.97. The monoisotopic (exact) mass is 261 g/mol. The Kier molecular flexibility index (Phi) is 4.52. The molecule has 2 aromatic rings. The number of ether oxygens (including phenoxy) is 1. The maximum absolute atomic E-state index is 11.3. The molecular formula is C14H19N3O2. The van der Waals surface area contributed by atoms with Gasteiger partial charge in [0.25, 0.3) is 0 Å². The molecule has 0 amide bonds. The van der Waals surface area contributed by atoms with Crippen molar-refractivity contribution >= 4 is 17.0 Å². The second-order valence-electron chi connectivity index (χ2n) is 4.55. The number of benzene rings is 1. The van der Waals surface area contributed by atoms with Gasteiger partial charge in [0.15, 0.2) is 0 Å². The Morgan fingerprint density at radius 3 is 3.11 bits per heavy atom. The van der Waals surface area contributed by atoms with E-state index in [2.05, 4.69) is 22.1 Å². The topological polar surface area (TPSA) is 58.2 Å². The number of rotatable bonds is 6. The van der Waals surface area contributed by atoms with Crippen LogP contribution in [-0.2, 0) is 16.0 Å². The van der Waals surface area contributed by atoms with Crippen LogP contribution in [0.1, 0.15) is 12.5 Å². The minimum atomic E-state index is -0.172. The maximum Gasteiger partial charge on any atom is 0.320 e. The van der Waals surface area contributed by atoms with E-state index in [1.165, 1.54) is 5.56 Å². The van der Waals surface area contributed by atoms with E-state index in [0.29, 0.717) is 13.2 Å². The number of carbonyl (C=O) groups is 1. The van der Waals surface area contributed by atoms with Crippen molar-refractivity contribution in [3.05, 3.63) is 30.1 Å². The second kappa shape index (κ2) is 6.33. The summed E-state index contributed by atoms with van der Waals surface area (Å²) in [6, 6.07) is 6.18. The van der Waals surface area contributed by atoms with Crippen LogP contribution in [0.25, 0.3) is 11.0 Å². The molecule has 0 aliphatic heterocycles. The van der Waals surface area contributed by atoms with Gasteiger partial charge in [-0.3, -0.25) is 9.69 Å². The van der Waals surface area contributed by atoms with Crippen LogP contribution in [0.3, 0.4) is 0 Å². The fourth-order valence-electron chi connectivity index (χ4n) is 1.96. The van der Waals surface area contributed by atoms with Gasteiger partial charge in [0.05, 0.1) is 30.5 Å². The van der Waals surface area contributed by atoms with Crippen LogP contribution in [0.15, 0.2) is 24.5 Å². The SMILES string of the molecule is CCOC(=O)CN(C)CCc1ccc2nc[nH]c2c1. The quantitative estimate of drug-likeness (QED) is 0.802. The molecule has 2 rings (SSSR count). The zero-order valence-electron chi connectivity index (χ0n) is 11.3. The lowest BCUT2D eigenvalue weighted by molar-refractivity contribution is -0.144. The van der Waals surface area contributed by atoms with Gasteiger partial charge in [0.2, 0.25) is 0 Å². The number of imidazole rings is 1. The van der Waals surface area contributed by atoms with E-state index in [0.717, 1.165) is 24.0 Å². The molecule has 0 unspecified atom stereocenters. The first-order valence-corrected chi connectivity index (χ1v) is 6.45. The molecule has 0 aliphatic carbocycles. The van der Waals surface area contributed by atoms with Gasteiger partial charge in [0, 0.05) is 6.54 Å². The van der Waals surface area contributed by atoms with Crippen molar-refractivity contribution in [3.63, 3.8) is 0 Å². The van der Waals surface area contributed by atoms with Gasteiger partial charge in [-0.25, -0.2) is 4.98 Å². The number of hydrogen-bond donors (Lipinski definition) is 1. The third-order valence-corrected chi connectivity index (χ3v) is 2.97. The summed E-state index contributed by atoms with van der Waals surface area (Å²) >= 11 is 0. The van der Waals surface area contributed by atoms with E-state index in [1.807, 2.05) is 24.9 Å². The average molecular weight is 261 g/mol. The highest BCUT2D eigenvalue weighted by atomic mass is 16.5. The molecule has 0 spiro atoms. The Balaban J connectivity index is 1.85. The molecule has 0 aliphatic rings. The van der Waals surface area contributed by atoms with Gasteiger partial charge in [0.1, 0.15) is 0 Å². The molecule has 5 heteroatoms. The van der Waals surface area contributed by atoms with Crippen molar-refractivity contribution in [2.45, 2.75) is 13.3 Å². The molecule has 102 valence electrons. The number of aromatic nitrogens is 2. The van der Waals surface area contributed by atoms with Crippen LogP contribution in [-0.4, -0.2) is 47.6 Å². The first kappa shape index (κ1) is 13.5. The lowest BCUT2D eigenvalue weighted by atomic mass is 10.1. The van der Waals surface area contributed by atoms with Crippen molar-refractivity contribution in [2.24, 2.45) is 0 Å². The summed E-state index contributed by atoms with van der Waals surface area (Å²) in [6.07, 6.45) is 2.59. The Bertz CT molecular complexity index is 550. The van der Waals surface area contributed by atoms with Gasteiger partial charge in [-0.1, -0.05) is 6.07 Å². The summed E-state index contributed by atoms with van der Waals surface area (Å²) < 4.78 is 4.92. The number of nitrogens with zero attached hydrogens (tertiary/aromatic N) is 2. The van der Waals surface area contributed by atoms with E-state index in [4.69, 9.17) is 4.74 Å². The smallest absolute Gasteiger partial charge is 0.320 e. The summed E-state index contributed by atoms with van der Waals surface area (Å²) in [4.78, 5) is 20.6. The highest BCUT2D eigenvalue weighted by Crippen LogP contribution is 2.12. The molecule has 19 heavy (non-hydrogen) atoms. The van der Waals surface area contributed by atoms with Crippen LogP contribution >= 0.6 is 0 Å². The number of nitrogens with one attached hydrogen (secondary N) is 1. The lowest BCUT2D eigenvalue weighted by Crippen LogP contribution is -2.29. The number of fused-ring (bicyclic) bond motifs is 1. The fraction of sp³-hybridized carbons (Fsp3) is 0.429. The van der Waals surface area contributed by atoms with Crippen molar-refractivity contribution in [2.75, 3.05) is 26.7 Å². The second-order valence-corrected chi connectivity index (χ2v) is 4.55. The van der Waals surface area contributed by atoms with Gasteiger partial charge >= 0.3 is 5.97 Å². The molecule has 1 aromatic carbocycles. The molecule has 0 bridgehead atoms. The van der Waals surface area contributed by atoms with Gasteiger partial charge < -0.3 is 9.72 Å². The van der Waals surface area contributed by atoms with Gasteiger partial charge in [-0.2, -0.15) is 0 Å². The van der Waals surface area contributed by atoms with E-state index < -0.39 is 0 Å². The Hall–Kier alpha value is -1.88. The number of carbonyl (C=O) groups excluding carboxylic acids is 1. The molecule has 0 radical (unpaired) electrons. The first-order valence-electron chi connectivity index (χ1n) is 6.45. The fourth-order valence-corrected chi connectivity index (χ4v) is 1.96. The summed E-state index contributed by atoms with van der Waals surface area (Å²) in [5.74, 6) is -0.172. The van der Waals surface area contributed by atoms with Crippen molar-refractivity contribution in [1.29, 1.82) is 0 Å². The van der Waals surface area contributed by atoms with E-state index in [9.17, 15) is 4.79 Å². The van der Waals surface area contributed by atoms with Crippen molar-refractivity contribution < 1.29 is 9.53 Å².